The van der Waals surface area contributed by atoms with Gasteiger partial charge in [-0.2, -0.15) is 0 Å². The molecule has 0 amide bonds. The van der Waals surface area contributed by atoms with E-state index in [2.05, 4.69) is 133 Å². The molecule has 1 aliphatic heterocycles. The Bertz CT molecular complexity index is 1810. The first kappa shape index (κ1) is 28.0. The first-order chi connectivity index (χ1) is 21.6. The van der Waals surface area contributed by atoms with E-state index < -0.39 is 12.2 Å². The monoisotopic (exact) mass is 574 g/mol. The number of hydrogen-bond donors (Lipinski definition) is 2. The molecule has 1 fully saturated rings. The third-order valence-electron chi connectivity index (χ3n) is 8.67. The van der Waals surface area contributed by atoms with Crippen molar-refractivity contribution in [3.8, 4) is 55.6 Å². The largest absolute Gasteiger partial charge is 0.394 e. The Kier molecular flexibility index (Phi) is 7.91. The molecule has 6 aromatic rings. The standard InChI is InChI=1S/C41H34O3/c42-27-41-39(43)26-40(44-41)38-24-22-37(23-25-38)36-20-18-35(19-21-36)34-16-14-33(15-17-34)32-12-10-31(11-13-32)30-8-6-29(7-9-30)28-4-2-1-3-5-28/h1-25,39-43H,26-27H2/t39?,40-,41-/m1/s1. The van der Waals surface area contributed by atoms with Crippen molar-refractivity contribution in [2.24, 2.45) is 0 Å². The molecule has 216 valence electrons. The van der Waals surface area contributed by atoms with Crippen molar-refractivity contribution in [1.29, 1.82) is 0 Å². The van der Waals surface area contributed by atoms with Crippen LogP contribution in [0.4, 0.5) is 0 Å². The fourth-order valence-corrected chi connectivity index (χ4v) is 6.05. The number of aliphatic hydroxyl groups is 2. The van der Waals surface area contributed by atoms with Crippen LogP contribution in [0.2, 0.25) is 0 Å². The summed E-state index contributed by atoms with van der Waals surface area (Å²) in [7, 11) is 0. The lowest BCUT2D eigenvalue weighted by Gasteiger charge is -2.13. The molecule has 6 aromatic carbocycles. The zero-order chi connectivity index (χ0) is 29.9. The second-order valence-corrected chi connectivity index (χ2v) is 11.4. The van der Waals surface area contributed by atoms with Crippen LogP contribution in [0, 0.1) is 0 Å². The van der Waals surface area contributed by atoms with Crippen LogP contribution < -0.4 is 0 Å². The number of benzene rings is 6. The normalized spacial score (nSPS) is 17.9. The summed E-state index contributed by atoms with van der Waals surface area (Å²) >= 11 is 0. The number of aliphatic hydroxyl groups excluding tert-OH is 2. The topological polar surface area (TPSA) is 49.7 Å². The van der Waals surface area contributed by atoms with Gasteiger partial charge in [-0.05, 0) is 61.2 Å². The van der Waals surface area contributed by atoms with Crippen molar-refractivity contribution in [2.75, 3.05) is 6.61 Å². The first-order valence-corrected chi connectivity index (χ1v) is 15.2. The molecular weight excluding hydrogens is 540 g/mol. The second kappa shape index (κ2) is 12.4. The molecule has 1 unspecified atom stereocenters. The maximum atomic E-state index is 10.0. The quantitative estimate of drug-likeness (QED) is 0.200. The minimum Gasteiger partial charge on any atom is -0.394 e. The molecule has 44 heavy (non-hydrogen) atoms. The smallest absolute Gasteiger partial charge is 0.107 e. The summed E-state index contributed by atoms with van der Waals surface area (Å²) in [5.74, 6) is 0. The zero-order valence-electron chi connectivity index (χ0n) is 24.4. The Balaban J connectivity index is 1.00. The molecule has 0 aromatic heterocycles. The molecule has 1 saturated heterocycles. The fourth-order valence-electron chi connectivity index (χ4n) is 6.05. The number of ether oxygens (including phenoxy) is 1. The van der Waals surface area contributed by atoms with E-state index >= 15 is 0 Å². The Morgan fingerprint density at radius 1 is 0.432 bits per heavy atom. The highest BCUT2D eigenvalue weighted by Gasteiger charge is 2.34. The van der Waals surface area contributed by atoms with E-state index in [1.807, 2.05) is 18.2 Å². The molecule has 0 saturated carbocycles. The molecular formula is C41H34O3. The predicted molar refractivity (Wildman–Crippen MR) is 179 cm³/mol. The van der Waals surface area contributed by atoms with E-state index in [4.69, 9.17) is 4.74 Å². The van der Waals surface area contributed by atoms with Gasteiger partial charge >= 0.3 is 0 Å². The predicted octanol–water partition coefficient (Wildman–Crippen LogP) is 9.20. The van der Waals surface area contributed by atoms with Crippen LogP contribution in [0.15, 0.2) is 152 Å². The summed E-state index contributed by atoms with van der Waals surface area (Å²) < 4.78 is 5.80. The van der Waals surface area contributed by atoms with Gasteiger partial charge in [0.1, 0.15) is 6.10 Å². The van der Waals surface area contributed by atoms with Gasteiger partial charge in [0.05, 0.1) is 18.8 Å². The van der Waals surface area contributed by atoms with Gasteiger partial charge in [0.2, 0.25) is 0 Å². The molecule has 0 radical (unpaired) electrons. The summed E-state index contributed by atoms with van der Waals surface area (Å²) in [5.41, 5.74) is 12.9. The van der Waals surface area contributed by atoms with Crippen LogP contribution in [0.1, 0.15) is 18.1 Å². The van der Waals surface area contributed by atoms with E-state index in [1.54, 1.807) is 0 Å². The molecule has 2 N–H and O–H groups in total. The van der Waals surface area contributed by atoms with E-state index in [0.29, 0.717) is 6.42 Å². The van der Waals surface area contributed by atoms with Crippen LogP contribution in [0.25, 0.3) is 55.6 Å². The lowest BCUT2D eigenvalue weighted by Crippen LogP contribution is -2.24. The van der Waals surface area contributed by atoms with Gasteiger partial charge in [0.25, 0.3) is 0 Å². The van der Waals surface area contributed by atoms with Gasteiger partial charge < -0.3 is 14.9 Å². The first-order valence-electron chi connectivity index (χ1n) is 15.2. The van der Waals surface area contributed by atoms with Gasteiger partial charge in [0, 0.05) is 6.42 Å². The van der Waals surface area contributed by atoms with Gasteiger partial charge in [0.15, 0.2) is 0 Å². The fraction of sp³-hybridized carbons (Fsp3) is 0.122. The molecule has 3 atom stereocenters. The highest BCUT2D eigenvalue weighted by Crippen LogP contribution is 2.35. The molecule has 0 bridgehead atoms. The Hall–Kier alpha value is -4.80. The van der Waals surface area contributed by atoms with Crippen molar-refractivity contribution < 1.29 is 14.9 Å². The Morgan fingerprint density at radius 2 is 0.727 bits per heavy atom. The van der Waals surface area contributed by atoms with Crippen molar-refractivity contribution in [3.63, 3.8) is 0 Å². The highest BCUT2D eigenvalue weighted by molar-refractivity contribution is 5.76. The zero-order valence-corrected chi connectivity index (χ0v) is 24.4. The van der Waals surface area contributed by atoms with E-state index in [0.717, 1.165) is 16.7 Å². The summed E-state index contributed by atoms with van der Waals surface area (Å²) in [6.45, 7) is -0.163. The van der Waals surface area contributed by atoms with E-state index in [1.165, 1.54) is 44.5 Å². The van der Waals surface area contributed by atoms with Crippen LogP contribution in [0.3, 0.4) is 0 Å². The Labute approximate surface area is 258 Å². The SMILES string of the molecule is OC[C@H]1O[C@@H](c2ccc(-c3ccc(-c4ccc(-c5ccc(-c6ccc(-c7ccccc7)cc6)cc5)cc4)cc3)cc2)CC1O. The van der Waals surface area contributed by atoms with Crippen molar-refractivity contribution in [2.45, 2.75) is 24.7 Å². The molecule has 1 aliphatic rings. The number of rotatable bonds is 7. The van der Waals surface area contributed by atoms with Crippen LogP contribution in [-0.4, -0.2) is 29.0 Å². The molecule has 7 rings (SSSR count). The Morgan fingerprint density at radius 3 is 1.02 bits per heavy atom. The van der Waals surface area contributed by atoms with Crippen molar-refractivity contribution in [1.82, 2.24) is 0 Å². The minimum absolute atomic E-state index is 0.163. The molecule has 3 nitrogen and oxygen atoms in total. The lowest BCUT2D eigenvalue weighted by atomic mass is 9.96. The average molecular weight is 575 g/mol. The van der Waals surface area contributed by atoms with Crippen molar-refractivity contribution >= 4 is 0 Å². The van der Waals surface area contributed by atoms with Crippen LogP contribution in [0.5, 0.6) is 0 Å². The van der Waals surface area contributed by atoms with Gasteiger partial charge in [-0.25, -0.2) is 0 Å². The summed E-state index contributed by atoms with van der Waals surface area (Å²) in [6.07, 6.45) is -0.804. The van der Waals surface area contributed by atoms with Crippen molar-refractivity contribution in [3.05, 3.63) is 157 Å². The maximum Gasteiger partial charge on any atom is 0.107 e. The third-order valence-corrected chi connectivity index (χ3v) is 8.67. The number of hydrogen-bond acceptors (Lipinski definition) is 3. The molecule has 0 spiro atoms. The summed E-state index contributed by atoms with van der Waals surface area (Å²) in [4.78, 5) is 0. The average Bonchev–Trinajstić information content (AvgIpc) is 3.49. The van der Waals surface area contributed by atoms with E-state index in [-0.39, 0.29) is 12.7 Å². The van der Waals surface area contributed by atoms with Gasteiger partial charge in [-0.3, -0.25) is 0 Å². The van der Waals surface area contributed by atoms with E-state index in [9.17, 15) is 10.2 Å². The minimum atomic E-state index is -0.624. The maximum absolute atomic E-state index is 10.0. The van der Waals surface area contributed by atoms with Crippen LogP contribution in [-0.2, 0) is 4.74 Å². The van der Waals surface area contributed by atoms with Gasteiger partial charge in [-0.1, -0.05) is 152 Å². The summed E-state index contributed by atoms with van der Waals surface area (Å²) in [6, 6.07) is 53.7. The van der Waals surface area contributed by atoms with Crippen LogP contribution >= 0.6 is 0 Å². The highest BCUT2D eigenvalue weighted by atomic mass is 16.5. The van der Waals surface area contributed by atoms with Gasteiger partial charge in [-0.15, -0.1) is 0 Å². The third kappa shape index (κ3) is 5.86. The second-order valence-electron chi connectivity index (χ2n) is 11.4. The molecule has 1 heterocycles. The summed E-state index contributed by atoms with van der Waals surface area (Å²) in [5, 5.41) is 19.4. The molecule has 0 aliphatic carbocycles. The lowest BCUT2D eigenvalue weighted by molar-refractivity contribution is -0.0225. The molecule has 3 heteroatoms.